The van der Waals surface area contributed by atoms with E-state index in [1.165, 1.54) is 32.6 Å². The van der Waals surface area contributed by atoms with Crippen molar-refractivity contribution in [1.29, 1.82) is 0 Å². The van der Waals surface area contributed by atoms with Crippen LogP contribution in [0.15, 0.2) is 72.8 Å². The summed E-state index contributed by atoms with van der Waals surface area (Å²) in [7, 11) is -3.66. The summed E-state index contributed by atoms with van der Waals surface area (Å²) < 4.78 is 30.9. The van der Waals surface area contributed by atoms with Crippen LogP contribution in [-0.4, -0.2) is 29.7 Å². The van der Waals surface area contributed by atoms with Gasteiger partial charge in [0, 0.05) is 17.8 Å². The van der Waals surface area contributed by atoms with Gasteiger partial charge in [-0.05, 0) is 6.92 Å². The average molecular weight is 523 g/mol. The highest BCUT2D eigenvalue weighted by Gasteiger charge is 1.93. The van der Waals surface area contributed by atoms with E-state index in [1.54, 1.807) is 0 Å². The summed E-state index contributed by atoms with van der Waals surface area (Å²) in [5, 5.41) is 10.7. The topological polar surface area (TPSA) is 93.1 Å². The van der Waals surface area contributed by atoms with Crippen molar-refractivity contribution in [2.45, 2.75) is 81.1 Å². The Balaban J connectivity index is -0.0000000985. The molecule has 0 aliphatic carbocycles. The van der Waals surface area contributed by atoms with Crippen LogP contribution in [0.3, 0.4) is 0 Å². The summed E-state index contributed by atoms with van der Waals surface area (Å²) in [4.78, 5) is 0. The number of hydrogen-bond acceptors (Lipinski definition) is 6. The largest absolute Gasteiger partial charge is 0.286 e. The van der Waals surface area contributed by atoms with Gasteiger partial charge in [0.15, 0.2) is 0 Å². The number of unbranched alkanes of at least 4 members (excludes halogenated alkanes) is 2. The molecule has 6 nitrogen and oxygen atoms in total. The zero-order valence-electron chi connectivity index (χ0n) is 22.5. The third kappa shape index (κ3) is 77.5. The van der Waals surface area contributed by atoms with E-state index in [4.69, 9.17) is 9.81 Å². The molecule has 0 aromatic heterocycles. The van der Waals surface area contributed by atoms with Crippen molar-refractivity contribution < 1.29 is 27.6 Å². The molecule has 2 N–H and O–H groups in total. The van der Waals surface area contributed by atoms with E-state index < -0.39 is 10.1 Å². The number of benzene rings is 2. The second-order valence-corrected chi connectivity index (χ2v) is 8.48. The molecule has 0 amide bonds. The van der Waals surface area contributed by atoms with Crippen molar-refractivity contribution in [1.82, 2.24) is 0 Å². The molecule has 34 heavy (non-hydrogen) atoms. The van der Waals surface area contributed by atoms with Gasteiger partial charge in [-0.25, -0.2) is 5.26 Å². The lowest BCUT2D eigenvalue weighted by atomic mass is 10.3. The van der Waals surface area contributed by atoms with Crippen LogP contribution in [0.4, 0.5) is 0 Å². The minimum atomic E-state index is -3.66. The predicted octanol–water partition coefficient (Wildman–Crippen LogP) is 8.98. The SMILES string of the molecule is CC.CCC.CCCCC.CCS(=O)(=O)O.CCSOOO.c1ccccc1.c1ccccc1. The molecule has 0 saturated carbocycles. The van der Waals surface area contributed by atoms with Crippen molar-refractivity contribution in [3.63, 3.8) is 0 Å². The van der Waals surface area contributed by atoms with Crippen LogP contribution in [0, 0.1) is 0 Å². The van der Waals surface area contributed by atoms with Crippen LogP contribution in [-0.2, 0) is 19.5 Å². The normalized spacial score (nSPS) is 8.41. The second kappa shape index (κ2) is 45.1. The predicted molar refractivity (Wildman–Crippen MR) is 150 cm³/mol. The molecule has 0 radical (unpaired) electrons. The summed E-state index contributed by atoms with van der Waals surface area (Å²) in [6, 6.07) is 24.0. The highest BCUT2D eigenvalue weighted by molar-refractivity contribution is 7.94. The lowest BCUT2D eigenvalue weighted by Crippen LogP contribution is -1.97. The quantitative estimate of drug-likeness (QED) is 0.128. The van der Waals surface area contributed by atoms with E-state index in [9.17, 15) is 8.42 Å². The molecule has 0 unspecified atom stereocenters. The Morgan fingerprint density at radius 2 is 0.912 bits per heavy atom. The van der Waals surface area contributed by atoms with Gasteiger partial charge in [-0.15, -0.1) is 4.33 Å². The third-order valence-electron chi connectivity index (χ3n) is 2.60. The van der Waals surface area contributed by atoms with Gasteiger partial charge in [-0.1, -0.05) is 152 Å². The Morgan fingerprint density at radius 1 is 0.676 bits per heavy atom. The molecule has 2 rings (SSSR count). The minimum absolute atomic E-state index is 0.201. The van der Waals surface area contributed by atoms with Crippen molar-refractivity contribution >= 4 is 22.2 Å². The van der Waals surface area contributed by atoms with Crippen molar-refractivity contribution in [2.75, 3.05) is 11.5 Å². The summed E-state index contributed by atoms with van der Waals surface area (Å²) in [6.45, 7) is 15.9. The van der Waals surface area contributed by atoms with Gasteiger partial charge in [0.1, 0.15) is 0 Å². The first kappa shape index (κ1) is 42.7. The van der Waals surface area contributed by atoms with Crippen LogP contribution in [0.1, 0.15) is 81.1 Å². The van der Waals surface area contributed by atoms with Gasteiger partial charge >= 0.3 is 0 Å². The van der Waals surface area contributed by atoms with E-state index in [1.807, 2.05) is 93.6 Å². The maximum Gasteiger partial charge on any atom is 0.264 e. The molecule has 0 fully saturated rings. The van der Waals surface area contributed by atoms with Crippen LogP contribution in [0.25, 0.3) is 0 Å². The molecule has 0 aliphatic heterocycles. The van der Waals surface area contributed by atoms with Crippen molar-refractivity contribution in [3.8, 4) is 0 Å². The van der Waals surface area contributed by atoms with E-state index in [0.717, 1.165) is 17.8 Å². The van der Waals surface area contributed by atoms with Gasteiger partial charge in [0.05, 0.1) is 5.75 Å². The first-order valence-electron chi connectivity index (χ1n) is 11.9. The molecule has 202 valence electrons. The lowest BCUT2D eigenvalue weighted by Gasteiger charge is -1.86. The van der Waals surface area contributed by atoms with Crippen LogP contribution < -0.4 is 0 Å². The maximum atomic E-state index is 9.56. The zero-order chi connectivity index (χ0) is 27.3. The molecule has 0 bridgehead atoms. The van der Waals surface area contributed by atoms with Gasteiger partial charge in [-0.3, -0.25) is 4.55 Å². The molecule has 0 atom stereocenters. The highest BCUT2D eigenvalue weighted by Crippen LogP contribution is 1.97. The van der Waals surface area contributed by atoms with Crippen LogP contribution >= 0.6 is 12.0 Å². The fourth-order valence-corrected chi connectivity index (χ4v) is 1.33. The zero-order valence-corrected chi connectivity index (χ0v) is 24.1. The Kier molecular flexibility index (Phi) is 56.7. The van der Waals surface area contributed by atoms with Crippen LogP contribution in [0.5, 0.6) is 0 Å². The van der Waals surface area contributed by atoms with E-state index in [0.29, 0.717) is 0 Å². The molecule has 2 aromatic carbocycles. The highest BCUT2D eigenvalue weighted by atomic mass is 32.2. The molecule has 2 aromatic rings. The molecule has 0 aliphatic rings. The summed E-state index contributed by atoms with van der Waals surface area (Å²) in [5.41, 5.74) is 0. The third-order valence-corrected chi connectivity index (χ3v) is 3.72. The monoisotopic (exact) mass is 522 g/mol. The minimum Gasteiger partial charge on any atom is -0.286 e. The van der Waals surface area contributed by atoms with Gasteiger partial charge in [0.25, 0.3) is 10.1 Å². The summed E-state index contributed by atoms with van der Waals surface area (Å²) >= 11 is 1.04. The van der Waals surface area contributed by atoms with Crippen LogP contribution in [0.2, 0.25) is 0 Å². The molecular weight excluding hydrogens is 472 g/mol. The van der Waals surface area contributed by atoms with Crippen molar-refractivity contribution in [3.05, 3.63) is 72.8 Å². The second-order valence-electron chi connectivity index (χ2n) is 5.79. The van der Waals surface area contributed by atoms with Crippen molar-refractivity contribution in [2.24, 2.45) is 0 Å². The first-order chi connectivity index (χ1) is 16.3. The first-order valence-corrected chi connectivity index (χ1v) is 14.4. The fraction of sp³-hybridized carbons (Fsp3) is 0.538. The molecular formula is C26H50O6S2. The molecule has 0 saturated heterocycles. The Labute approximate surface area is 214 Å². The van der Waals surface area contributed by atoms with E-state index >= 15 is 0 Å². The lowest BCUT2D eigenvalue weighted by molar-refractivity contribution is -0.432. The van der Waals surface area contributed by atoms with Gasteiger partial charge in [0.2, 0.25) is 0 Å². The molecule has 0 spiro atoms. The van der Waals surface area contributed by atoms with E-state index in [-0.39, 0.29) is 5.75 Å². The smallest absolute Gasteiger partial charge is 0.264 e. The summed E-state index contributed by atoms with van der Waals surface area (Å²) in [5.74, 6) is 0.563. The molecule has 0 heterocycles. The summed E-state index contributed by atoms with van der Waals surface area (Å²) in [6.07, 6.45) is 5.33. The average Bonchev–Trinajstić information content (AvgIpc) is 2.88. The van der Waals surface area contributed by atoms with E-state index in [2.05, 4.69) is 37.1 Å². The number of rotatable bonds is 6. The Morgan fingerprint density at radius 3 is 0.971 bits per heavy atom. The van der Waals surface area contributed by atoms with Gasteiger partial charge < -0.3 is 0 Å². The Bertz CT molecular complexity index is 506. The number of hydrogen-bond donors (Lipinski definition) is 2. The fourth-order valence-electron chi connectivity index (χ4n) is 1.19. The maximum absolute atomic E-state index is 9.56. The van der Waals surface area contributed by atoms with Gasteiger partial charge in [-0.2, -0.15) is 8.42 Å². The standard InChI is InChI=1S/2C6H6.C5H12.C3H8.2C2H6O3S.C2H6/c2*1-2-4-6-5-3-1;1-3-5-4-2;1-3-2;1-2-6(3,4)5;1-2-6-5-4-3;1-2/h2*1-6H;3-5H2,1-2H3;3H2,1-2H3;2H2,1H3,(H,3,4,5);3H,2H2,1H3;1-2H3. The molecule has 8 heteroatoms. The Hall–Kier alpha value is -1.42.